The van der Waals surface area contributed by atoms with E-state index in [-0.39, 0.29) is 19.1 Å². The molecule has 2 fully saturated rings. The van der Waals surface area contributed by atoms with Gasteiger partial charge < -0.3 is 30.3 Å². The van der Waals surface area contributed by atoms with Gasteiger partial charge in [0.05, 0.1) is 19.3 Å². The molecule has 1 aromatic carbocycles. The predicted octanol–water partition coefficient (Wildman–Crippen LogP) is 2.73. The summed E-state index contributed by atoms with van der Waals surface area (Å²) in [6.45, 7) is 1.43. The lowest BCUT2D eigenvalue weighted by Gasteiger charge is -2.55. The molecule has 1 saturated heterocycles. The minimum atomic E-state index is -1.55. The number of benzene rings is 1. The molecule has 0 spiro atoms. The molecule has 5 atom stereocenters. The molecule has 1 saturated carbocycles. The number of aliphatic hydroxyl groups is 2. The van der Waals surface area contributed by atoms with E-state index in [2.05, 4.69) is 4.98 Å². The molecular formula is C27H36ClN3O5. The van der Waals surface area contributed by atoms with E-state index in [1.54, 1.807) is 30.5 Å². The molecule has 1 aliphatic carbocycles. The summed E-state index contributed by atoms with van der Waals surface area (Å²) in [4.78, 5) is 17.9. The number of ether oxygens (including phenoxy) is 2. The number of aromatic nitrogens is 1. The Morgan fingerprint density at radius 3 is 2.83 bits per heavy atom. The summed E-state index contributed by atoms with van der Waals surface area (Å²) in [7, 11) is 1.65. The highest BCUT2D eigenvalue weighted by Crippen LogP contribution is 2.53. The normalized spacial score (nSPS) is 28.1. The van der Waals surface area contributed by atoms with Gasteiger partial charge in [0.25, 0.3) is 0 Å². The minimum Gasteiger partial charge on any atom is -0.392 e. The van der Waals surface area contributed by atoms with Crippen molar-refractivity contribution in [3.63, 3.8) is 0 Å². The third kappa shape index (κ3) is 5.03. The van der Waals surface area contributed by atoms with Gasteiger partial charge in [-0.05, 0) is 55.7 Å². The summed E-state index contributed by atoms with van der Waals surface area (Å²) in [5, 5.41) is 24.0. The van der Waals surface area contributed by atoms with E-state index >= 15 is 0 Å². The van der Waals surface area contributed by atoms with Crippen LogP contribution in [0.4, 0.5) is 0 Å². The first-order valence-corrected chi connectivity index (χ1v) is 12.9. The number of unbranched alkanes of at least 4 members (excludes halogenated alkanes) is 1. The molecule has 0 unspecified atom stereocenters. The third-order valence-electron chi connectivity index (χ3n) is 7.81. The summed E-state index contributed by atoms with van der Waals surface area (Å²) < 4.78 is 11.8. The monoisotopic (exact) mass is 517 g/mol. The van der Waals surface area contributed by atoms with E-state index in [9.17, 15) is 15.0 Å². The Hall–Kier alpha value is -2.07. The lowest BCUT2D eigenvalue weighted by Crippen LogP contribution is -2.66. The van der Waals surface area contributed by atoms with Gasteiger partial charge in [-0.15, -0.1) is 0 Å². The molecule has 196 valence electrons. The van der Waals surface area contributed by atoms with E-state index in [0.717, 1.165) is 18.4 Å². The van der Waals surface area contributed by atoms with Crippen LogP contribution < -0.4 is 5.73 Å². The average Bonchev–Trinajstić information content (AvgIpc) is 3.25. The second-order valence-electron chi connectivity index (χ2n) is 9.93. The number of aliphatic hydroxyl groups excluding tert-OH is 1. The van der Waals surface area contributed by atoms with Crippen LogP contribution in [0.1, 0.15) is 37.7 Å². The second-order valence-corrected chi connectivity index (χ2v) is 10.3. The standard InChI is InChI=1S/C27H36ClN3O5/c1-35-12-3-2-9-26(34,21-7-4-8-22(28)25(21)19-6-5-10-30-16-19)27(17-31(18-32)11-13-36-27)20-14-23(29)24(33)15-20/h4-8,10,16,18,20,23-24,33-34H,2-3,9,11-15,17,29H2,1H3/t20-,23+,24-,26-,27-/m0/s1. The van der Waals surface area contributed by atoms with Crippen LogP contribution in [-0.2, 0) is 19.9 Å². The first-order chi connectivity index (χ1) is 17.4. The second kappa shape index (κ2) is 11.5. The van der Waals surface area contributed by atoms with Crippen molar-refractivity contribution in [2.24, 2.45) is 11.7 Å². The molecule has 1 amide bonds. The summed E-state index contributed by atoms with van der Waals surface area (Å²) in [6, 6.07) is 8.79. The van der Waals surface area contributed by atoms with E-state index in [0.29, 0.717) is 55.0 Å². The molecule has 2 aliphatic rings. The largest absolute Gasteiger partial charge is 0.392 e. The number of carbonyl (C=O) groups excluding carboxylic acids is 1. The van der Waals surface area contributed by atoms with Crippen molar-refractivity contribution in [2.45, 2.75) is 55.5 Å². The SMILES string of the molecule is COCCCC[C@](O)(c1cccc(Cl)c1-c1cccnc1)[C@@]1([C@H]2C[C@@H](N)[C@@H](O)C2)CN(C=O)CCO1. The number of halogens is 1. The number of amides is 1. The Morgan fingerprint density at radius 2 is 2.17 bits per heavy atom. The molecule has 0 radical (unpaired) electrons. The lowest BCUT2D eigenvalue weighted by molar-refractivity contribution is -0.246. The number of carbonyl (C=O) groups is 1. The molecule has 4 rings (SSSR count). The Morgan fingerprint density at radius 1 is 1.33 bits per heavy atom. The van der Waals surface area contributed by atoms with Crippen LogP contribution in [0.2, 0.25) is 5.02 Å². The van der Waals surface area contributed by atoms with Crippen molar-refractivity contribution < 1.29 is 24.5 Å². The van der Waals surface area contributed by atoms with Crippen molar-refractivity contribution in [3.05, 3.63) is 53.3 Å². The zero-order valence-corrected chi connectivity index (χ0v) is 21.4. The number of rotatable bonds is 10. The van der Waals surface area contributed by atoms with Crippen LogP contribution in [-0.4, -0.2) is 77.7 Å². The van der Waals surface area contributed by atoms with E-state index in [1.807, 2.05) is 24.3 Å². The van der Waals surface area contributed by atoms with Crippen LogP contribution in [0, 0.1) is 5.92 Å². The molecular weight excluding hydrogens is 482 g/mol. The number of hydrogen-bond acceptors (Lipinski definition) is 7. The Kier molecular flexibility index (Phi) is 8.65. The van der Waals surface area contributed by atoms with Crippen molar-refractivity contribution in [1.82, 2.24) is 9.88 Å². The Bertz CT molecular complexity index is 1020. The zero-order chi connectivity index (χ0) is 25.8. The van der Waals surface area contributed by atoms with Gasteiger partial charge in [0.2, 0.25) is 6.41 Å². The van der Waals surface area contributed by atoms with Gasteiger partial charge in [0.15, 0.2) is 0 Å². The van der Waals surface area contributed by atoms with Crippen molar-refractivity contribution in [1.29, 1.82) is 0 Å². The van der Waals surface area contributed by atoms with E-state index in [4.69, 9.17) is 26.8 Å². The molecule has 1 aliphatic heterocycles. The van der Waals surface area contributed by atoms with Crippen molar-refractivity contribution >= 4 is 18.0 Å². The average molecular weight is 518 g/mol. The third-order valence-corrected chi connectivity index (χ3v) is 8.12. The van der Waals surface area contributed by atoms with Crippen LogP contribution >= 0.6 is 11.6 Å². The van der Waals surface area contributed by atoms with E-state index in [1.165, 1.54) is 0 Å². The number of nitrogens with two attached hydrogens (primary N) is 1. The molecule has 2 heterocycles. The quantitative estimate of drug-likeness (QED) is 0.327. The maximum absolute atomic E-state index is 13.0. The van der Waals surface area contributed by atoms with Crippen LogP contribution in [0.5, 0.6) is 0 Å². The van der Waals surface area contributed by atoms with Gasteiger partial charge in [-0.2, -0.15) is 0 Å². The number of methoxy groups -OCH3 is 1. The summed E-state index contributed by atoms with van der Waals surface area (Å²) in [5.41, 5.74) is 5.57. The number of morpholine rings is 1. The number of hydrogen-bond donors (Lipinski definition) is 3. The first kappa shape index (κ1) is 27.0. The molecule has 8 nitrogen and oxygen atoms in total. The highest BCUT2D eigenvalue weighted by Gasteiger charge is 2.61. The van der Waals surface area contributed by atoms with Gasteiger partial charge in [-0.25, -0.2) is 0 Å². The first-order valence-electron chi connectivity index (χ1n) is 12.5. The lowest BCUT2D eigenvalue weighted by atomic mass is 9.65. The van der Waals surface area contributed by atoms with Crippen LogP contribution in [0.25, 0.3) is 11.1 Å². The Balaban J connectivity index is 1.91. The zero-order valence-electron chi connectivity index (χ0n) is 20.7. The smallest absolute Gasteiger partial charge is 0.209 e. The minimum absolute atomic E-state index is 0.181. The predicted molar refractivity (Wildman–Crippen MR) is 137 cm³/mol. The fourth-order valence-electron chi connectivity index (χ4n) is 6.00. The van der Waals surface area contributed by atoms with Gasteiger partial charge in [0, 0.05) is 54.8 Å². The fraction of sp³-hybridized carbons (Fsp3) is 0.556. The molecule has 2 aromatic rings. The number of nitrogens with zero attached hydrogens (tertiary/aromatic N) is 2. The molecule has 1 aromatic heterocycles. The van der Waals surface area contributed by atoms with Crippen molar-refractivity contribution in [2.75, 3.05) is 33.4 Å². The van der Waals surface area contributed by atoms with Crippen molar-refractivity contribution in [3.8, 4) is 11.1 Å². The molecule has 0 bridgehead atoms. The fourth-order valence-corrected chi connectivity index (χ4v) is 6.28. The van der Waals surface area contributed by atoms with Gasteiger partial charge in [-0.1, -0.05) is 29.8 Å². The number of pyridine rings is 1. The maximum atomic E-state index is 13.0. The topological polar surface area (TPSA) is 118 Å². The van der Waals surface area contributed by atoms with Crippen LogP contribution in [0.15, 0.2) is 42.7 Å². The van der Waals surface area contributed by atoms with Gasteiger partial charge in [-0.3, -0.25) is 9.78 Å². The summed E-state index contributed by atoms with van der Waals surface area (Å²) in [5.74, 6) is -0.279. The van der Waals surface area contributed by atoms with E-state index < -0.39 is 23.3 Å². The maximum Gasteiger partial charge on any atom is 0.209 e. The molecule has 9 heteroatoms. The van der Waals surface area contributed by atoms with Gasteiger partial charge >= 0.3 is 0 Å². The summed E-state index contributed by atoms with van der Waals surface area (Å²) >= 11 is 6.77. The highest BCUT2D eigenvalue weighted by atomic mass is 35.5. The highest BCUT2D eigenvalue weighted by molar-refractivity contribution is 6.33. The van der Waals surface area contributed by atoms with Gasteiger partial charge in [0.1, 0.15) is 11.2 Å². The van der Waals surface area contributed by atoms with Crippen LogP contribution in [0.3, 0.4) is 0 Å². The molecule has 4 N–H and O–H groups in total. The summed E-state index contributed by atoms with van der Waals surface area (Å²) in [6.07, 6.45) is 6.07. The Labute approximate surface area is 217 Å². The molecule has 36 heavy (non-hydrogen) atoms.